The van der Waals surface area contributed by atoms with Gasteiger partial charge in [0.25, 0.3) is 5.91 Å². The van der Waals surface area contributed by atoms with Crippen LogP contribution < -0.4 is 5.32 Å². The van der Waals surface area contributed by atoms with E-state index in [0.29, 0.717) is 18.0 Å². The van der Waals surface area contributed by atoms with Crippen LogP contribution in [0.1, 0.15) is 9.67 Å². The first-order valence-corrected chi connectivity index (χ1v) is 8.36. The quantitative estimate of drug-likeness (QED) is 0.743. The average molecular weight is 377 g/mol. The van der Waals surface area contributed by atoms with Crippen molar-refractivity contribution >= 4 is 33.2 Å². The molecule has 3 aromatic heterocycles. The van der Waals surface area contributed by atoms with Crippen LogP contribution in [0.5, 0.6) is 0 Å². The highest BCUT2D eigenvalue weighted by atomic mass is 79.9. The fraction of sp³-hybridized carbons (Fsp3) is 0.133. The molecule has 3 aromatic rings. The van der Waals surface area contributed by atoms with E-state index in [1.807, 2.05) is 40.4 Å². The molecule has 7 heteroatoms. The van der Waals surface area contributed by atoms with Crippen LogP contribution in [0.25, 0.3) is 11.5 Å². The van der Waals surface area contributed by atoms with Crippen LogP contribution in [-0.2, 0) is 6.54 Å². The summed E-state index contributed by atoms with van der Waals surface area (Å²) in [4.78, 5) is 21.3. The van der Waals surface area contributed by atoms with E-state index in [9.17, 15) is 4.79 Å². The Balaban J connectivity index is 1.61. The molecular formula is C15H13BrN4OS. The molecule has 0 radical (unpaired) electrons. The van der Waals surface area contributed by atoms with E-state index in [1.165, 1.54) is 11.3 Å². The number of nitrogens with one attached hydrogen (secondary N) is 1. The third-order valence-electron chi connectivity index (χ3n) is 3.04. The lowest BCUT2D eigenvalue weighted by atomic mass is 10.3. The number of aromatic nitrogens is 3. The van der Waals surface area contributed by atoms with Crippen LogP contribution in [-0.4, -0.2) is 27.0 Å². The molecule has 0 aliphatic carbocycles. The standard InChI is InChI=1S/C15H13BrN4OS/c16-11-9-13(22-10-11)15(21)19-6-8-20-7-5-18-14(20)12-3-1-2-4-17-12/h1-5,7,9-10H,6,8H2,(H,19,21). The Kier molecular flexibility index (Phi) is 4.65. The molecule has 1 amide bonds. The van der Waals surface area contributed by atoms with E-state index in [1.54, 1.807) is 12.4 Å². The number of hydrogen-bond acceptors (Lipinski definition) is 4. The predicted octanol–water partition coefficient (Wildman–Crippen LogP) is 3.20. The van der Waals surface area contributed by atoms with Gasteiger partial charge in [-0.2, -0.15) is 0 Å². The molecule has 0 fully saturated rings. The van der Waals surface area contributed by atoms with Crippen molar-refractivity contribution in [3.05, 3.63) is 57.6 Å². The van der Waals surface area contributed by atoms with E-state index in [0.717, 1.165) is 16.0 Å². The smallest absolute Gasteiger partial charge is 0.261 e. The molecule has 1 N–H and O–H groups in total. The number of hydrogen-bond donors (Lipinski definition) is 1. The maximum Gasteiger partial charge on any atom is 0.261 e. The minimum absolute atomic E-state index is 0.0600. The maximum atomic E-state index is 12.0. The van der Waals surface area contributed by atoms with Gasteiger partial charge in [0, 0.05) is 41.5 Å². The van der Waals surface area contributed by atoms with E-state index in [4.69, 9.17) is 0 Å². The zero-order chi connectivity index (χ0) is 15.4. The Bertz CT molecular complexity index is 769. The molecule has 0 atom stereocenters. The fourth-order valence-electron chi connectivity index (χ4n) is 2.03. The van der Waals surface area contributed by atoms with E-state index < -0.39 is 0 Å². The third kappa shape index (κ3) is 3.42. The first kappa shape index (κ1) is 14.9. The average Bonchev–Trinajstić information content (AvgIpc) is 3.17. The number of imidazole rings is 1. The monoisotopic (exact) mass is 376 g/mol. The summed E-state index contributed by atoms with van der Waals surface area (Å²) >= 11 is 4.76. The fourth-order valence-corrected chi connectivity index (χ4v) is 3.37. The molecule has 0 saturated carbocycles. The van der Waals surface area contributed by atoms with Crippen LogP contribution in [0.2, 0.25) is 0 Å². The highest BCUT2D eigenvalue weighted by Crippen LogP contribution is 2.19. The van der Waals surface area contributed by atoms with Gasteiger partial charge in [-0.05, 0) is 34.1 Å². The molecule has 5 nitrogen and oxygen atoms in total. The van der Waals surface area contributed by atoms with Crippen molar-refractivity contribution < 1.29 is 4.79 Å². The number of carbonyl (C=O) groups excluding carboxylic acids is 1. The lowest BCUT2D eigenvalue weighted by molar-refractivity contribution is 0.0956. The van der Waals surface area contributed by atoms with Gasteiger partial charge in [-0.15, -0.1) is 11.3 Å². The molecule has 0 unspecified atom stereocenters. The van der Waals surface area contributed by atoms with Gasteiger partial charge in [0.05, 0.1) is 4.88 Å². The van der Waals surface area contributed by atoms with Crippen molar-refractivity contribution in [1.82, 2.24) is 19.9 Å². The molecule has 0 saturated heterocycles. The topological polar surface area (TPSA) is 59.8 Å². The molecule has 112 valence electrons. The zero-order valence-electron chi connectivity index (χ0n) is 11.6. The zero-order valence-corrected chi connectivity index (χ0v) is 14.0. The van der Waals surface area contributed by atoms with Crippen molar-refractivity contribution in [2.24, 2.45) is 0 Å². The molecular weight excluding hydrogens is 364 g/mol. The minimum atomic E-state index is -0.0600. The summed E-state index contributed by atoms with van der Waals surface area (Å²) in [5.74, 6) is 0.740. The first-order valence-electron chi connectivity index (χ1n) is 6.69. The Labute approximate surface area is 140 Å². The van der Waals surface area contributed by atoms with Gasteiger partial charge in [-0.3, -0.25) is 9.78 Å². The first-order chi connectivity index (χ1) is 10.7. The minimum Gasteiger partial charge on any atom is -0.350 e. The Morgan fingerprint density at radius 3 is 2.95 bits per heavy atom. The van der Waals surface area contributed by atoms with Crippen LogP contribution in [0, 0.1) is 0 Å². The van der Waals surface area contributed by atoms with Crippen molar-refractivity contribution in [2.45, 2.75) is 6.54 Å². The van der Waals surface area contributed by atoms with E-state index >= 15 is 0 Å². The van der Waals surface area contributed by atoms with Gasteiger partial charge in [0.2, 0.25) is 0 Å². The van der Waals surface area contributed by atoms with Crippen molar-refractivity contribution in [3.63, 3.8) is 0 Å². The summed E-state index contributed by atoms with van der Waals surface area (Å²) in [7, 11) is 0. The summed E-state index contributed by atoms with van der Waals surface area (Å²) in [6.07, 6.45) is 5.37. The van der Waals surface area contributed by atoms with E-state index in [2.05, 4.69) is 31.2 Å². The second-order valence-electron chi connectivity index (χ2n) is 4.54. The van der Waals surface area contributed by atoms with Gasteiger partial charge in [0.1, 0.15) is 5.69 Å². The SMILES string of the molecule is O=C(NCCn1ccnc1-c1ccccn1)c1cc(Br)cs1. The largest absolute Gasteiger partial charge is 0.350 e. The molecule has 3 heterocycles. The van der Waals surface area contributed by atoms with Crippen molar-refractivity contribution in [2.75, 3.05) is 6.54 Å². The highest BCUT2D eigenvalue weighted by Gasteiger charge is 2.09. The second-order valence-corrected chi connectivity index (χ2v) is 6.37. The maximum absolute atomic E-state index is 12.0. The Morgan fingerprint density at radius 1 is 1.32 bits per heavy atom. The van der Waals surface area contributed by atoms with Crippen LogP contribution in [0.3, 0.4) is 0 Å². The molecule has 0 aromatic carbocycles. The van der Waals surface area contributed by atoms with Crippen LogP contribution in [0.4, 0.5) is 0 Å². The molecule has 0 aliphatic rings. The number of halogens is 1. The Hall–Kier alpha value is -1.99. The lowest BCUT2D eigenvalue weighted by Gasteiger charge is -2.08. The summed E-state index contributed by atoms with van der Waals surface area (Å²) in [5.41, 5.74) is 0.820. The number of pyridine rings is 1. The highest BCUT2D eigenvalue weighted by molar-refractivity contribution is 9.10. The number of rotatable bonds is 5. The second kappa shape index (κ2) is 6.85. The van der Waals surface area contributed by atoms with Crippen LogP contribution >= 0.6 is 27.3 Å². The van der Waals surface area contributed by atoms with Crippen molar-refractivity contribution in [3.8, 4) is 11.5 Å². The van der Waals surface area contributed by atoms with Crippen LogP contribution in [0.15, 0.2) is 52.7 Å². The third-order valence-corrected chi connectivity index (χ3v) is 4.73. The number of nitrogens with zero attached hydrogens (tertiary/aromatic N) is 3. The summed E-state index contributed by atoms with van der Waals surface area (Å²) in [6.45, 7) is 1.18. The molecule has 0 spiro atoms. The Morgan fingerprint density at radius 2 is 2.23 bits per heavy atom. The van der Waals surface area contributed by atoms with Crippen molar-refractivity contribution in [1.29, 1.82) is 0 Å². The molecule has 0 aliphatic heterocycles. The van der Waals surface area contributed by atoms with Gasteiger partial charge in [-0.25, -0.2) is 4.98 Å². The molecule has 0 bridgehead atoms. The number of carbonyl (C=O) groups is 1. The number of amides is 1. The van der Waals surface area contributed by atoms with Gasteiger partial charge < -0.3 is 9.88 Å². The molecule has 3 rings (SSSR count). The normalized spacial score (nSPS) is 10.6. The van der Waals surface area contributed by atoms with Gasteiger partial charge >= 0.3 is 0 Å². The van der Waals surface area contributed by atoms with Gasteiger partial charge in [-0.1, -0.05) is 6.07 Å². The summed E-state index contributed by atoms with van der Waals surface area (Å²) in [5, 5.41) is 4.80. The summed E-state index contributed by atoms with van der Waals surface area (Å²) < 4.78 is 2.90. The van der Waals surface area contributed by atoms with Gasteiger partial charge in [0.15, 0.2) is 5.82 Å². The summed E-state index contributed by atoms with van der Waals surface area (Å²) in [6, 6.07) is 7.53. The molecule has 22 heavy (non-hydrogen) atoms. The predicted molar refractivity (Wildman–Crippen MR) is 89.8 cm³/mol. The van der Waals surface area contributed by atoms with E-state index in [-0.39, 0.29) is 5.91 Å². The number of thiophene rings is 1. The lowest BCUT2D eigenvalue weighted by Crippen LogP contribution is -2.26.